The van der Waals surface area contributed by atoms with Gasteiger partial charge in [0.05, 0.1) is 11.5 Å². The van der Waals surface area contributed by atoms with Crippen LogP contribution in [-0.4, -0.2) is 33.7 Å². The van der Waals surface area contributed by atoms with E-state index in [9.17, 15) is 14.4 Å². The van der Waals surface area contributed by atoms with Crippen LogP contribution in [-0.2, 0) is 19.1 Å². The lowest BCUT2D eigenvalue weighted by Gasteiger charge is -2.15. The second-order valence-electron chi connectivity index (χ2n) is 5.33. The minimum atomic E-state index is -0.660. The Hall–Kier alpha value is -2.45. The molecule has 0 aliphatic carbocycles. The van der Waals surface area contributed by atoms with E-state index in [2.05, 4.69) is 5.43 Å². The molecule has 1 aliphatic heterocycles. The lowest BCUT2D eigenvalue weighted by molar-refractivity contribution is -0.147. The molecule has 1 heterocycles. The lowest BCUT2D eigenvalue weighted by atomic mass is 10.1. The first-order valence-electron chi connectivity index (χ1n) is 7.87. The molecule has 1 aliphatic rings. The summed E-state index contributed by atoms with van der Waals surface area (Å²) in [6, 6.07) is 9.70. The highest BCUT2D eigenvalue weighted by molar-refractivity contribution is 8.26. The van der Waals surface area contributed by atoms with Gasteiger partial charge in [0.15, 0.2) is 4.32 Å². The summed E-state index contributed by atoms with van der Waals surface area (Å²) in [7, 11) is 0. The molecule has 1 aromatic rings. The number of rotatable bonds is 6. The van der Waals surface area contributed by atoms with E-state index in [4.69, 9.17) is 17.0 Å². The van der Waals surface area contributed by atoms with Crippen molar-refractivity contribution in [3.63, 3.8) is 0 Å². The zero-order valence-corrected chi connectivity index (χ0v) is 16.0. The second-order valence-corrected chi connectivity index (χ2v) is 7.01. The number of nitrogens with zero attached hydrogens (tertiary/aromatic N) is 1. The summed E-state index contributed by atoms with van der Waals surface area (Å²) in [5, 5.41) is 0.975. The third-order valence-corrected chi connectivity index (χ3v) is 4.50. The Morgan fingerprint density at radius 3 is 2.65 bits per heavy atom. The van der Waals surface area contributed by atoms with Gasteiger partial charge in [-0.1, -0.05) is 48.2 Å². The van der Waals surface area contributed by atoms with Gasteiger partial charge < -0.3 is 4.74 Å². The first-order chi connectivity index (χ1) is 12.4. The Labute approximate surface area is 161 Å². The number of nitrogens with one attached hydrogen (secondary N) is 1. The largest absolute Gasteiger partial charge is 0.466 e. The molecule has 2 amide bonds. The van der Waals surface area contributed by atoms with Crippen LogP contribution in [0, 0.1) is 0 Å². The van der Waals surface area contributed by atoms with Crippen LogP contribution in [0.2, 0.25) is 0 Å². The number of amides is 2. The molecule has 0 atom stereocenters. The number of ether oxygens (including phenoxy) is 1. The third-order valence-electron chi connectivity index (χ3n) is 3.19. The Morgan fingerprint density at radius 2 is 2.00 bits per heavy atom. The van der Waals surface area contributed by atoms with Crippen molar-refractivity contribution in [1.29, 1.82) is 0 Å². The molecule has 6 nitrogen and oxygen atoms in total. The first kappa shape index (κ1) is 19.9. The number of esters is 1. The summed E-state index contributed by atoms with van der Waals surface area (Å²) in [5.41, 5.74) is 4.23. The number of hydrogen-bond donors (Lipinski definition) is 1. The van der Waals surface area contributed by atoms with Crippen molar-refractivity contribution in [2.24, 2.45) is 0 Å². The molecule has 0 aromatic heterocycles. The van der Waals surface area contributed by atoms with E-state index in [0.29, 0.717) is 4.91 Å². The van der Waals surface area contributed by atoms with Crippen molar-refractivity contribution in [1.82, 2.24) is 10.4 Å². The summed E-state index contributed by atoms with van der Waals surface area (Å²) in [6.45, 7) is 3.70. The minimum absolute atomic E-state index is 0.183. The Bertz CT molecular complexity index is 788. The summed E-state index contributed by atoms with van der Waals surface area (Å²) >= 11 is 6.23. The monoisotopic (exact) mass is 390 g/mol. The molecule has 0 radical (unpaired) electrons. The second kappa shape index (κ2) is 9.30. The van der Waals surface area contributed by atoms with E-state index in [1.54, 1.807) is 13.0 Å². The highest BCUT2D eigenvalue weighted by Crippen LogP contribution is 2.30. The summed E-state index contributed by atoms with van der Waals surface area (Å²) in [5.74, 6) is -1.75. The van der Waals surface area contributed by atoms with Gasteiger partial charge in [-0.3, -0.25) is 19.8 Å². The van der Waals surface area contributed by atoms with Crippen molar-refractivity contribution in [3.8, 4) is 0 Å². The number of thioether (sulfide) groups is 1. The van der Waals surface area contributed by atoms with Gasteiger partial charge in [0.25, 0.3) is 5.91 Å². The fraction of sp³-hybridized carbons (Fsp3) is 0.222. The number of benzene rings is 1. The fourth-order valence-corrected chi connectivity index (χ4v) is 3.36. The highest BCUT2D eigenvalue weighted by atomic mass is 32.2. The van der Waals surface area contributed by atoms with Gasteiger partial charge in [0, 0.05) is 0 Å². The van der Waals surface area contributed by atoms with E-state index in [0.717, 1.165) is 27.9 Å². The molecule has 0 unspecified atom stereocenters. The molecular formula is C18H18N2O4S2. The molecule has 0 saturated carbocycles. The molecule has 26 heavy (non-hydrogen) atoms. The first-order valence-corrected chi connectivity index (χ1v) is 9.09. The van der Waals surface area contributed by atoms with Gasteiger partial charge in [-0.15, -0.1) is 0 Å². The minimum Gasteiger partial charge on any atom is -0.466 e. The van der Waals surface area contributed by atoms with Crippen LogP contribution >= 0.6 is 24.0 Å². The number of hydrogen-bond acceptors (Lipinski definition) is 6. The molecule has 1 N–H and O–H groups in total. The molecule has 8 heteroatoms. The Balaban J connectivity index is 2.04. The van der Waals surface area contributed by atoms with Crippen molar-refractivity contribution >= 4 is 52.2 Å². The number of allylic oxidation sites excluding steroid dienone is 2. The van der Waals surface area contributed by atoms with Crippen LogP contribution in [0.5, 0.6) is 0 Å². The fourth-order valence-electron chi connectivity index (χ4n) is 2.13. The van der Waals surface area contributed by atoms with Gasteiger partial charge in [0.2, 0.25) is 5.91 Å². The maximum atomic E-state index is 12.4. The number of thiocarbonyl (C=S) groups is 1. The van der Waals surface area contributed by atoms with E-state index in [1.165, 1.54) is 0 Å². The third kappa shape index (κ3) is 5.53. The number of carbonyl (C=O) groups excluding carboxylic acids is 3. The molecule has 2 rings (SSSR count). The van der Waals surface area contributed by atoms with Crippen molar-refractivity contribution in [3.05, 3.63) is 52.4 Å². The van der Waals surface area contributed by atoms with Gasteiger partial charge >= 0.3 is 5.97 Å². The number of carbonyl (C=O) groups is 3. The van der Waals surface area contributed by atoms with Gasteiger partial charge in [0.1, 0.15) is 6.42 Å². The Kier molecular flexibility index (Phi) is 7.11. The molecule has 0 spiro atoms. The maximum absolute atomic E-state index is 12.4. The zero-order valence-electron chi connectivity index (χ0n) is 14.4. The average molecular weight is 390 g/mol. The predicted molar refractivity (Wildman–Crippen MR) is 105 cm³/mol. The van der Waals surface area contributed by atoms with Crippen LogP contribution in [0.3, 0.4) is 0 Å². The Morgan fingerprint density at radius 1 is 1.31 bits per heavy atom. The predicted octanol–water partition coefficient (Wildman–Crippen LogP) is 2.82. The molecule has 0 bridgehead atoms. The summed E-state index contributed by atoms with van der Waals surface area (Å²) < 4.78 is 4.90. The highest BCUT2D eigenvalue weighted by Gasteiger charge is 2.33. The lowest BCUT2D eigenvalue weighted by Crippen LogP contribution is -2.45. The van der Waals surface area contributed by atoms with Gasteiger partial charge in [-0.2, -0.15) is 5.01 Å². The van der Waals surface area contributed by atoms with Gasteiger partial charge in [-0.25, -0.2) is 0 Å². The van der Waals surface area contributed by atoms with Crippen LogP contribution in [0.25, 0.3) is 6.08 Å². The molecule has 136 valence electrons. The van der Waals surface area contributed by atoms with Crippen LogP contribution < -0.4 is 5.43 Å². The van der Waals surface area contributed by atoms with Crippen molar-refractivity contribution < 1.29 is 19.1 Å². The molecule has 1 fully saturated rings. The van der Waals surface area contributed by atoms with Crippen LogP contribution in [0.15, 0.2) is 46.9 Å². The SMILES string of the molecule is CCOC(=O)CC(=O)NN1C(=O)/C(=C/C(C)=C/c2ccccc2)SC1=S. The smallest absolute Gasteiger partial charge is 0.315 e. The maximum Gasteiger partial charge on any atom is 0.315 e. The van der Waals surface area contributed by atoms with Crippen LogP contribution in [0.1, 0.15) is 25.8 Å². The quantitative estimate of drug-likeness (QED) is 0.348. The topological polar surface area (TPSA) is 75.7 Å². The van der Waals surface area contributed by atoms with E-state index < -0.39 is 24.2 Å². The molecular weight excluding hydrogens is 372 g/mol. The zero-order chi connectivity index (χ0) is 19.1. The summed E-state index contributed by atoms with van der Waals surface area (Å²) in [6.07, 6.45) is 3.17. The summed E-state index contributed by atoms with van der Waals surface area (Å²) in [4.78, 5) is 36.0. The molecule has 1 saturated heterocycles. The number of hydrazine groups is 1. The van der Waals surface area contributed by atoms with E-state index in [1.807, 2.05) is 43.3 Å². The van der Waals surface area contributed by atoms with E-state index in [-0.39, 0.29) is 10.9 Å². The van der Waals surface area contributed by atoms with Crippen molar-refractivity contribution in [2.45, 2.75) is 20.3 Å². The van der Waals surface area contributed by atoms with E-state index >= 15 is 0 Å². The van der Waals surface area contributed by atoms with Crippen LogP contribution in [0.4, 0.5) is 0 Å². The average Bonchev–Trinajstić information content (AvgIpc) is 2.83. The van der Waals surface area contributed by atoms with Gasteiger partial charge in [-0.05, 0) is 43.3 Å². The standard InChI is InChI=1S/C18H18N2O4S2/c1-3-24-16(22)11-15(21)19-20-17(23)14(26-18(20)25)10-12(2)9-13-7-5-4-6-8-13/h4-10H,3,11H2,1-2H3,(H,19,21)/b12-9+,14-10-. The molecule has 1 aromatic carbocycles. The van der Waals surface area contributed by atoms with Crippen molar-refractivity contribution in [2.75, 3.05) is 6.61 Å². The normalized spacial score (nSPS) is 16.2.